The van der Waals surface area contributed by atoms with Crippen LogP contribution in [0.25, 0.3) is 0 Å². The van der Waals surface area contributed by atoms with Crippen molar-refractivity contribution in [1.29, 1.82) is 0 Å². The third-order valence-electron chi connectivity index (χ3n) is 3.13. The van der Waals surface area contributed by atoms with Crippen molar-refractivity contribution in [3.05, 3.63) is 47.6 Å². The van der Waals surface area contributed by atoms with Gasteiger partial charge in [0.1, 0.15) is 0 Å². The van der Waals surface area contributed by atoms with Crippen LogP contribution in [0.4, 0.5) is 11.4 Å². The molecule has 1 aliphatic rings. The van der Waals surface area contributed by atoms with Crippen molar-refractivity contribution in [2.45, 2.75) is 20.8 Å². The Hall–Kier alpha value is -2.16. The van der Waals surface area contributed by atoms with Gasteiger partial charge in [0.05, 0.1) is 17.1 Å². The Morgan fingerprint density at radius 2 is 1.84 bits per heavy atom. The van der Waals surface area contributed by atoms with E-state index in [1.54, 1.807) is 6.08 Å². The maximum absolute atomic E-state index is 11.9. The van der Waals surface area contributed by atoms with Crippen LogP contribution in [-0.2, 0) is 4.79 Å². The van der Waals surface area contributed by atoms with E-state index in [4.69, 9.17) is 5.73 Å². The highest BCUT2D eigenvalue weighted by Gasteiger charge is 2.18. The summed E-state index contributed by atoms with van der Waals surface area (Å²) in [7, 11) is 0. The highest BCUT2D eigenvalue weighted by Crippen LogP contribution is 2.25. The molecule has 0 aromatic heterocycles. The SMILES string of the molecule is CC1=CC(=O)C(C(C)C)=CC1=Nc1ccccc1N. The van der Waals surface area contributed by atoms with Gasteiger partial charge >= 0.3 is 0 Å². The van der Waals surface area contributed by atoms with Crippen molar-refractivity contribution in [1.82, 2.24) is 0 Å². The lowest BCUT2D eigenvalue weighted by Crippen LogP contribution is -2.15. The number of aliphatic imine (C=N–C) groups is 1. The number of allylic oxidation sites excluding steroid dienone is 4. The van der Waals surface area contributed by atoms with Crippen molar-refractivity contribution in [2.24, 2.45) is 10.9 Å². The molecule has 0 saturated carbocycles. The minimum absolute atomic E-state index is 0.0764. The molecule has 1 aliphatic carbocycles. The molecule has 98 valence electrons. The van der Waals surface area contributed by atoms with E-state index in [0.717, 1.165) is 22.5 Å². The maximum atomic E-state index is 11.9. The summed E-state index contributed by atoms with van der Waals surface area (Å²) in [5.74, 6) is 0.266. The summed E-state index contributed by atoms with van der Waals surface area (Å²) in [5, 5.41) is 0. The average Bonchev–Trinajstić information content (AvgIpc) is 2.34. The molecule has 0 fully saturated rings. The number of para-hydroxylation sites is 2. The van der Waals surface area contributed by atoms with Gasteiger partial charge in [-0.3, -0.25) is 4.79 Å². The highest BCUT2D eigenvalue weighted by atomic mass is 16.1. The van der Waals surface area contributed by atoms with E-state index in [1.165, 1.54) is 0 Å². The fourth-order valence-corrected chi connectivity index (χ4v) is 1.98. The monoisotopic (exact) mass is 254 g/mol. The number of anilines is 1. The number of ketones is 1. The number of benzene rings is 1. The molecule has 0 aliphatic heterocycles. The molecule has 1 aromatic carbocycles. The van der Waals surface area contributed by atoms with E-state index in [2.05, 4.69) is 4.99 Å². The van der Waals surface area contributed by atoms with Gasteiger partial charge in [-0.05, 0) is 42.7 Å². The third kappa shape index (κ3) is 2.81. The van der Waals surface area contributed by atoms with Crippen LogP contribution in [0.5, 0.6) is 0 Å². The van der Waals surface area contributed by atoms with Crippen molar-refractivity contribution in [3.8, 4) is 0 Å². The van der Waals surface area contributed by atoms with Crippen molar-refractivity contribution in [3.63, 3.8) is 0 Å². The molecule has 2 N–H and O–H groups in total. The first-order valence-electron chi connectivity index (χ1n) is 6.37. The largest absolute Gasteiger partial charge is 0.397 e. The van der Waals surface area contributed by atoms with Crippen LogP contribution < -0.4 is 5.73 Å². The Labute approximate surface area is 113 Å². The predicted octanol–water partition coefficient (Wildman–Crippen LogP) is 3.45. The van der Waals surface area contributed by atoms with Crippen LogP contribution in [0.2, 0.25) is 0 Å². The number of nitrogen functional groups attached to an aromatic ring is 1. The minimum atomic E-state index is 0.0764. The van der Waals surface area contributed by atoms with Crippen LogP contribution in [-0.4, -0.2) is 11.5 Å². The number of hydrogen-bond donors (Lipinski definition) is 1. The molecule has 3 nitrogen and oxygen atoms in total. The normalized spacial score (nSPS) is 17.7. The Balaban J connectivity index is 2.47. The molecule has 0 atom stereocenters. The van der Waals surface area contributed by atoms with Crippen LogP contribution >= 0.6 is 0 Å². The number of carbonyl (C=O) groups excluding carboxylic acids is 1. The van der Waals surface area contributed by atoms with Crippen molar-refractivity contribution >= 4 is 22.9 Å². The quantitative estimate of drug-likeness (QED) is 0.649. The van der Waals surface area contributed by atoms with Crippen LogP contribution in [0.1, 0.15) is 20.8 Å². The molecule has 1 aromatic rings. The lowest BCUT2D eigenvalue weighted by atomic mass is 9.90. The molecule has 19 heavy (non-hydrogen) atoms. The average molecular weight is 254 g/mol. The summed E-state index contributed by atoms with van der Waals surface area (Å²) in [5.41, 5.74) is 9.73. The summed E-state index contributed by atoms with van der Waals surface area (Å²) in [6.07, 6.45) is 3.52. The van der Waals surface area contributed by atoms with Crippen LogP contribution in [0.15, 0.2) is 52.6 Å². The maximum Gasteiger partial charge on any atom is 0.182 e. The Morgan fingerprint density at radius 1 is 1.16 bits per heavy atom. The molecule has 0 unspecified atom stereocenters. The Bertz CT molecular complexity index is 607. The van der Waals surface area contributed by atoms with Crippen LogP contribution in [0, 0.1) is 5.92 Å². The fourth-order valence-electron chi connectivity index (χ4n) is 1.98. The first-order chi connectivity index (χ1) is 8.99. The van der Waals surface area contributed by atoms with E-state index < -0.39 is 0 Å². The molecule has 0 spiro atoms. The Kier molecular flexibility index (Phi) is 3.65. The van der Waals surface area contributed by atoms with Crippen molar-refractivity contribution in [2.75, 3.05) is 5.73 Å². The Morgan fingerprint density at radius 3 is 2.47 bits per heavy atom. The number of nitrogens with zero attached hydrogens (tertiary/aromatic N) is 1. The van der Waals surface area contributed by atoms with E-state index >= 15 is 0 Å². The topological polar surface area (TPSA) is 55.5 Å². The van der Waals surface area contributed by atoms with Gasteiger partial charge in [-0.1, -0.05) is 26.0 Å². The second-order valence-electron chi connectivity index (χ2n) is 5.00. The van der Waals surface area contributed by atoms with E-state index in [-0.39, 0.29) is 11.7 Å². The molecular formula is C16H18N2O. The predicted molar refractivity (Wildman–Crippen MR) is 79.6 cm³/mol. The van der Waals surface area contributed by atoms with Gasteiger partial charge in [0.15, 0.2) is 5.78 Å². The van der Waals surface area contributed by atoms with Gasteiger partial charge in [-0.2, -0.15) is 0 Å². The smallest absolute Gasteiger partial charge is 0.182 e. The lowest BCUT2D eigenvalue weighted by Gasteiger charge is -2.15. The molecular weight excluding hydrogens is 236 g/mol. The molecule has 0 radical (unpaired) electrons. The number of carbonyl (C=O) groups is 1. The summed E-state index contributed by atoms with van der Waals surface area (Å²) in [4.78, 5) is 16.4. The summed E-state index contributed by atoms with van der Waals surface area (Å²) in [6, 6.07) is 7.46. The first kappa shape index (κ1) is 13.3. The fraction of sp³-hybridized carbons (Fsp3) is 0.250. The van der Waals surface area contributed by atoms with Gasteiger partial charge in [-0.15, -0.1) is 0 Å². The van der Waals surface area contributed by atoms with E-state index in [9.17, 15) is 4.79 Å². The zero-order valence-electron chi connectivity index (χ0n) is 11.5. The van der Waals surface area contributed by atoms with Crippen molar-refractivity contribution < 1.29 is 4.79 Å². The minimum Gasteiger partial charge on any atom is -0.397 e. The third-order valence-corrected chi connectivity index (χ3v) is 3.13. The van der Waals surface area contributed by atoms with E-state index in [1.807, 2.05) is 51.1 Å². The van der Waals surface area contributed by atoms with Gasteiger partial charge in [0.25, 0.3) is 0 Å². The second-order valence-corrected chi connectivity index (χ2v) is 5.00. The first-order valence-corrected chi connectivity index (χ1v) is 6.37. The molecule has 3 heteroatoms. The standard InChI is InChI=1S/C16H18N2O/c1-10(2)12-9-15(11(3)8-16(12)19)18-14-7-5-4-6-13(14)17/h4-10H,17H2,1-3H3. The zero-order chi connectivity index (χ0) is 14.0. The molecule has 2 rings (SSSR count). The number of rotatable bonds is 2. The highest BCUT2D eigenvalue weighted by molar-refractivity contribution is 6.22. The van der Waals surface area contributed by atoms with Gasteiger partial charge in [-0.25, -0.2) is 4.99 Å². The van der Waals surface area contributed by atoms with Gasteiger partial charge in [0.2, 0.25) is 0 Å². The van der Waals surface area contributed by atoms with E-state index in [0.29, 0.717) is 5.69 Å². The van der Waals surface area contributed by atoms with Crippen LogP contribution in [0.3, 0.4) is 0 Å². The molecule has 0 bridgehead atoms. The number of hydrogen-bond acceptors (Lipinski definition) is 3. The second kappa shape index (κ2) is 5.22. The van der Waals surface area contributed by atoms with Gasteiger partial charge in [0, 0.05) is 5.57 Å². The summed E-state index contributed by atoms with van der Waals surface area (Å²) in [6.45, 7) is 5.91. The zero-order valence-corrected chi connectivity index (χ0v) is 11.5. The van der Waals surface area contributed by atoms with Gasteiger partial charge < -0.3 is 5.73 Å². The molecule has 0 heterocycles. The summed E-state index contributed by atoms with van der Waals surface area (Å²) >= 11 is 0. The lowest BCUT2D eigenvalue weighted by molar-refractivity contribution is -0.111. The summed E-state index contributed by atoms with van der Waals surface area (Å²) < 4.78 is 0. The molecule has 0 saturated heterocycles. The molecule has 0 amide bonds. The number of nitrogens with two attached hydrogens (primary N) is 1.